The van der Waals surface area contributed by atoms with Gasteiger partial charge in [-0.3, -0.25) is 0 Å². The lowest BCUT2D eigenvalue weighted by molar-refractivity contribution is 0.851. The first kappa shape index (κ1) is 11.8. The van der Waals surface area contributed by atoms with Crippen LogP contribution in [-0.4, -0.2) is 9.97 Å². The molecule has 4 heteroatoms. The molecule has 0 fully saturated rings. The summed E-state index contributed by atoms with van der Waals surface area (Å²) in [5.74, 6) is 1.56. The van der Waals surface area contributed by atoms with Crippen LogP contribution in [0, 0.1) is 6.92 Å². The van der Waals surface area contributed by atoms with Crippen LogP contribution in [0.2, 0.25) is 0 Å². The maximum atomic E-state index is 5.66. The van der Waals surface area contributed by atoms with Crippen molar-refractivity contribution in [3.63, 3.8) is 0 Å². The molecule has 0 aliphatic heterocycles. The van der Waals surface area contributed by atoms with Crippen LogP contribution in [0.4, 0.5) is 0 Å². The molecule has 0 atom stereocenters. The highest BCUT2D eigenvalue weighted by Crippen LogP contribution is 2.08. The van der Waals surface area contributed by atoms with Crippen LogP contribution in [0.1, 0.15) is 30.6 Å². The van der Waals surface area contributed by atoms with Gasteiger partial charge in [-0.25, -0.2) is 4.98 Å². The predicted octanol–water partition coefficient (Wildman–Crippen LogP) is 2.83. The van der Waals surface area contributed by atoms with Crippen LogP contribution in [0.3, 0.4) is 0 Å². The summed E-state index contributed by atoms with van der Waals surface area (Å²) in [5, 5.41) is 0. The fourth-order valence-electron chi connectivity index (χ4n) is 1.05. The van der Waals surface area contributed by atoms with Crippen LogP contribution in [0.15, 0.2) is 0 Å². The Balaban J connectivity index is 0.00000121. The first-order valence-electron chi connectivity index (χ1n) is 3.88. The summed E-state index contributed by atoms with van der Waals surface area (Å²) >= 11 is 5.66. The zero-order chi connectivity index (χ0) is 8.27. The summed E-state index contributed by atoms with van der Waals surface area (Å²) < 4.78 is 0. The topological polar surface area (TPSA) is 28.7 Å². The zero-order valence-electron chi connectivity index (χ0n) is 7.35. The van der Waals surface area contributed by atoms with Crippen molar-refractivity contribution >= 4 is 24.0 Å². The molecule has 0 aliphatic rings. The predicted molar refractivity (Wildman–Crippen MR) is 54.1 cm³/mol. The van der Waals surface area contributed by atoms with Gasteiger partial charge in [0.05, 0.1) is 11.6 Å². The van der Waals surface area contributed by atoms with Gasteiger partial charge in [0, 0.05) is 12.1 Å². The molecule has 0 amide bonds. The van der Waals surface area contributed by atoms with Gasteiger partial charge in [-0.05, 0) is 13.3 Å². The molecular formula is C8H14Cl2N2. The minimum absolute atomic E-state index is 0. The number of hydrogen-bond acceptors (Lipinski definition) is 1. The van der Waals surface area contributed by atoms with Crippen LogP contribution in [0.25, 0.3) is 0 Å². The van der Waals surface area contributed by atoms with E-state index >= 15 is 0 Å². The number of H-pyrrole nitrogens is 1. The number of aromatic nitrogens is 2. The van der Waals surface area contributed by atoms with Gasteiger partial charge in [-0.1, -0.05) is 6.92 Å². The number of nitrogens with zero attached hydrogens (tertiary/aromatic N) is 1. The largest absolute Gasteiger partial charge is 0.346 e. The van der Waals surface area contributed by atoms with Crippen molar-refractivity contribution in [2.75, 3.05) is 0 Å². The Morgan fingerprint density at radius 3 is 2.58 bits per heavy atom. The Kier molecular flexibility index (Phi) is 5.34. The molecule has 1 N–H and O–H groups in total. The molecule has 0 unspecified atom stereocenters. The third kappa shape index (κ3) is 2.68. The lowest BCUT2D eigenvalue weighted by atomic mass is 10.3. The Morgan fingerprint density at radius 2 is 2.17 bits per heavy atom. The molecule has 2 nitrogen and oxygen atoms in total. The average molecular weight is 209 g/mol. The standard InChI is InChI=1S/C8H13ClN2.ClH/c1-3-4-8-10-6(2)7(5-9)11-8;/h3-5H2,1-2H3,(H,10,11);1H. The Labute approximate surface area is 84.1 Å². The Morgan fingerprint density at radius 1 is 1.50 bits per heavy atom. The number of aryl methyl sites for hydroxylation is 2. The molecule has 12 heavy (non-hydrogen) atoms. The molecule has 0 aromatic carbocycles. The van der Waals surface area contributed by atoms with Crippen molar-refractivity contribution in [3.8, 4) is 0 Å². The maximum absolute atomic E-state index is 5.66. The van der Waals surface area contributed by atoms with Crippen molar-refractivity contribution in [1.29, 1.82) is 0 Å². The number of halogens is 2. The maximum Gasteiger partial charge on any atom is 0.106 e. The minimum Gasteiger partial charge on any atom is -0.346 e. The van der Waals surface area contributed by atoms with E-state index in [1.54, 1.807) is 0 Å². The van der Waals surface area contributed by atoms with Crippen LogP contribution >= 0.6 is 24.0 Å². The van der Waals surface area contributed by atoms with E-state index in [9.17, 15) is 0 Å². The van der Waals surface area contributed by atoms with E-state index in [0.29, 0.717) is 5.88 Å². The smallest absolute Gasteiger partial charge is 0.106 e. The summed E-state index contributed by atoms with van der Waals surface area (Å²) in [6, 6.07) is 0. The molecule has 1 aromatic rings. The lowest BCUT2D eigenvalue weighted by Crippen LogP contribution is -1.85. The highest BCUT2D eigenvalue weighted by molar-refractivity contribution is 6.16. The molecule has 0 spiro atoms. The van der Waals surface area contributed by atoms with Crippen LogP contribution in [-0.2, 0) is 12.3 Å². The fourth-order valence-corrected chi connectivity index (χ4v) is 1.31. The van der Waals surface area contributed by atoms with E-state index < -0.39 is 0 Å². The molecule has 0 saturated carbocycles. The molecule has 0 bridgehead atoms. The summed E-state index contributed by atoms with van der Waals surface area (Å²) in [5.41, 5.74) is 2.08. The molecule has 1 heterocycles. The molecule has 1 rings (SSSR count). The first-order chi connectivity index (χ1) is 5.27. The second-order valence-electron chi connectivity index (χ2n) is 2.64. The minimum atomic E-state index is 0. The summed E-state index contributed by atoms with van der Waals surface area (Å²) in [6.45, 7) is 4.14. The van der Waals surface area contributed by atoms with E-state index in [-0.39, 0.29) is 12.4 Å². The second kappa shape index (κ2) is 5.44. The Hall–Kier alpha value is -0.210. The van der Waals surface area contributed by atoms with E-state index in [2.05, 4.69) is 16.9 Å². The van der Waals surface area contributed by atoms with E-state index in [1.807, 2.05) is 6.92 Å². The van der Waals surface area contributed by atoms with Crippen molar-refractivity contribution < 1.29 is 0 Å². The van der Waals surface area contributed by atoms with Gasteiger partial charge in [-0.15, -0.1) is 24.0 Å². The van der Waals surface area contributed by atoms with Crippen molar-refractivity contribution in [3.05, 3.63) is 17.2 Å². The quantitative estimate of drug-likeness (QED) is 0.762. The number of hydrogen-bond donors (Lipinski definition) is 1. The molecule has 1 aromatic heterocycles. The van der Waals surface area contributed by atoms with Gasteiger partial charge in [0.15, 0.2) is 0 Å². The lowest BCUT2D eigenvalue weighted by Gasteiger charge is -1.87. The number of imidazole rings is 1. The van der Waals surface area contributed by atoms with Crippen molar-refractivity contribution in [1.82, 2.24) is 9.97 Å². The Bertz CT molecular complexity index is 233. The average Bonchev–Trinajstić information content (AvgIpc) is 2.32. The van der Waals surface area contributed by atoms with E-state index in [0.717, 1.165) is 30.1 Å². The van der Waals surface area contributed by atoms with E-state index in [4.69, 9.17) is 11.6 Å². The fraction of sp³-hybridized carbons (Fsp3) is 0.625. The number of alkyl halides is 1. The number of nitrogens with one attached hydrogen (secondary N) is 1. The highest BCUT2D eigenvalue weighted by Gasteiger charge is 2.03. The molecule has 0 aliphatic carbocycles. The van der Waals surface area contributed by atoms with Gasteiger partial charge in [-0.2, -0.15) is 0 Å². The van der Waals surface area contributed by atoms with E-state index in [1.165, 1.54) is 0 Å². The van der Waals surface area contributed by atoms with Gasteiger partial charge in [0.25, 0.3) is 0 Å². The third-order valence-electron chi connectivity index (χ3n) is 1.65. The highest BCUT2D eigenvalue weighted by atomic mass is 35.5. The van der Waals surface area contributed by atoms with Crippen molar-refractivity contribution in [2.24, 2.45) is 0 Å². The molecular weight excluding hydrogens is 195 g/mol. The van der Waals surface area contributed by atoms with Crippen LogP contribution < -0.4 is 0 Å². The first-order valence-corrected chi connectivity index (χ1v) is 4.41. The normalized spacial score (nSPS) is 9.58. The zero-order valence-corrected chi connectivity index (χ0v) is 8.93. The monoisotopic (exact) mass is 208 g/mol. The molecule has 0 radical (unpaired) electrons. The summed E-state index contributed by atoms with van der Waals surface area (Å²) in [4.78, 5) is 7.53. The van der Waals surface area contributed by atoms with Gasteiger partial charge >= 0.3 is 0 Å². The molecule has 70 valence electrons. The van der Waals surface area contributed by atoms with Gasteiger partial charge < -0.3 is 4.98 Å². The van der Waals surface area contributed by atoms with Gasteiger partial charge in [0.1, 0.15) is 5.82 Å². The summed E-state index contributed by atoms with van der Waals surface area (Å²) in [6.07, 6.45) is 2.13. The van der Waals surface area contributed by atoms with Crippen LogP contribution in [0.5, 0.6) is 0 Å². The van der Waals surface area contributed by atoms with Gasteiger partial charge in [0.2, 0.25) is 0 Å². The third-order valence-corrected chi connectivity index (χ3v) is 1.90. The summed E-state index contributed by atoms with van der Waals surface area (Å²) in [7, 11) is 0. The SMILES string of the molecule is CCCc1nc(CCl)c(C)[nH]1.Cl. The molecule has 0 saturated heterocycles. The number of aromatic amines is 1. The van der Waals surface area contributed by atoms with Crippen molar-refractivity contribution in [2.45, 2.75) is 32.6 Å². The second-order valence-corrected chi connectivity index (χ2v) is 2.91. The number of rotatable bonds is 3.